The van der Waals surface area contributed by atoms with Crippen LogP contribution >= 0.6 is 15.9 Å². The lowest BCUT2D eigenvalue weighted by atomic mass is 10.0. The van der Waals surface area contributed by atoms with Crippen molar-refractivity contribution in [2.75, 3.05) is 0 Å². The first kappa shape index (κ1) is 20.4. The van der Waals surface area contributed by atoms with Gasteiger partial charge in [-0.2, -0.15) is 0 Å². The second kappa shape index (κ2) is 9.18. The molecular weight excluding hydrogens is 416 g/mol. The van der Waals surface area contributed by atoms with Crippen molar-refractivity contribution in [2.24, 2.45) is 5.92 Å². The second-order valence-corrected chi connectivity index (χ2v) is 6.82. The number of benzene rings is 1. The van der Waals surface area contributed by atoms with Gasteiger partial charge in [0.15, 0.2) is 10.4 Å². The molecule has 1 aromatic carbocycles. The molecule has 0 spiro atoms. The van der Waals surface area contributed by atoms with Gasteiger partial charge < -0.3 is 25.0 Å². The number of furan rings is 1. The zero-order valence-electron chi connectivity index (χ0n) is 14.7. The van der Waals surface area contributed by atoms with E-state index in [1.807, 2.05) is 0 Å². The summed E-state index contributed by atoms with van der Waals surface area (Å²) in [6.45, 7) is 3.28. The van der Waals surface area contributed by atoms with E-state index in [9.17, 15) is 19.5 Å². The van der Waals surface area contributed by atoms with Gasteiger partial charge in [0.2, 0.25) is 0 Å². The van der Waals surface area contributed by atoms with Crippen molar-refractivity contribution in [3.05, 3.63) is 64.2 Å². The van der Waals surface area contributed by atoms with Crippen molar-refractivity contribution in [1.82, 2.24) is 10.6 Å². The Bertz CT molecular complexity index is 858. The van der Waals surface area contributed by atoms with Crippen LogP contribution in [0.25, 0.3) is 6.08 Å². The Kier molecular flexibility index (Phi) is 6.95. The van der Waals surface area contributed by atoms with E-state index in [0.717, 1.165) is 0 Å². The van der Waals surface area contributed by atoms with Gasteiger partial charge in [-0.05, 0) is 45.6 Å². The van der Waals surface area contributed by atoms with Crippen molar-refractivity contribution in [2.45, 2.75) is 19.9 Å². The molecule has 0 saturated carbocycles. The molecule has 0 aliphatic carbocycles. The predicted molar refractivity (Wildman–Crippen MR) is 100 cm³/mol. The molecule has 0 aliphatic rings. The maximum atomic E-state index is 12.6. The maximum absolute atomic E-state index is 12.6. The lowest BCUT2D eigenvalue weighted by molar-refractivity contribution is -0.309. The number of rotatable bonds is 7. The zero-order valence-corrected chi connectivity index (χ0v) is 16.3. The van der Waals surface area contributed by atoms with Crippen molar-refractivity contribution >= 4 is 39.8 Å². The molecule has 2 rings (SSSR count). The highest BCUT2D eigenvalue weighted by atomic mass is 79.9. The summed E-state index contributed by atoms with van der Waals surface area (Å²) in [5.41, 5.74) is 0.531. The summed E-state index contributed by atoms with van der Waals surface area (Å²) in [7, 11) is 0. The van der Waals surface area contributed by atoms with Crippen LogP contribution in [0.4, 0.5) is 0 Å². The largest absolute Gasteiger partial charge is 0.548 e. The summed E-state index contributed by atoms with van der Waals surface area (Å²) < 4.78 is 5.54. The van der Waals surface area contributed by atoms with Gasteiger partial charge in [-0.15, -0.1) is 0 Å². The molecule has 1 atom stereocenters. The summed E-state index contributed by atoms with van der Waals surface area (Å²) in [5.74, 6) is -3.20. The van der Waals surface area contributed by atoms with Crippen LogP contribution in [0.1, 0.15) is 30.0 Å². The third-order valence-electron chi connectivity index (χ3n) is 3.61. The molecule has 2 N–H and O–H groups in total. The average molecular weight is 434 g/mol. The number of carbonyl (C=O) groups is 3. The number of carbonyl (C=O) groups excluding carboxylic acids is 3. The molecule has 1 aromatic heterocycles. The van der Waals surface area contributed by atoms with E-state index in [1.165, 1.54) is 12.1 Å². The van der Waals surface area contributed by atoms with Gasteiger partial charge in [-0.25, -0.2) is 0 Å². The van der Waals surface area contributed by atoms with Gasteiger partial charge in [-0.1, -0.05) is 44.2 Å². The molecule has 8 heteroatoms. The smallest absolute Gasteiger partial charge is 0.291 e. The van der Waals surface area contributed by atoms with Crippen molar-refractivity contribution < 1.29 is 23.9 Å². The third-order valence-corrected chi connectivity index (χ3v) is 4.03. The summed E-state index contributed by atoms with van der Waals surface area (Å²) in [6, 6.07) is 10.6. The number of carboxylic acids is 1. The number of hydrogen-bond donors (Lipinski definition) is 2. The van der Waals surface area contributed by atoms with Crippen LogP contribution in [0.2, 0.25) is 0 Å². The molecule has 0 radical (unpaired) electrons. The van der Waals surface area contributed by atoms with Gasteiger partial charge in [0.1, 0.15) is 5.70 Å². The molecule has 0 aliphatic heterocycles. The molecule has 1 heterocycles. The number of amides is 2. The van der Waals surface area contributed by atoms with Gasteiger partial charge in [0.05, 0.1) is 12.0 Å². The number of hydrogen-bond acceptors (Lipinski definition) is 5. The first-order chi connectivity index (χ1) is 12.8. The molecule has 0 saturated heterocycles. The fourth-order valence-electron chi connectivity index (χ4n) is 2.21. The van der Waals surface area contributed by atoms with Crippen LogP contribution in [0.5, 0.6) is 0 Å². The van der Waals surface area contributed by atoms with Gasteiger partial charge in [0, 0.05) is 0 Å². The summed E-state index contributed by atoms with van der Waals surface area (Å²) in [4.78, 5) is 36.2. The molecule has 7 nitrogen and oxygen atoms in total. The maximum Gasteiger partial charge on any atom is 0.291 e. The fraction of sp³-hybridized carbons (Fsp3) is 0.211. The Hall–Kier alpha value is -2.87. The molecule has 142 valence electrons. The SMILES string of the molecule is CC(C)[C@H](NC(=O)/C(=C\c1ccccc1)NC(=O)c1ccc(Br)o1)C(=O)[O-]. The van der Waals surface area contributed by atoms with Crippen molar-refractivity contribution in [1.29, 1.82) is 0 Å². The normalized spacial score (nSPS) is 12.5. The Morgan fingerprint density at radius 2 is 1.78 bits per heavy atom. The number of aliphatic carboxylic acids is 1. The number of carboxylic acid groups (broad SMARTS) is 1. The van der Waals surface area contributed by atoms with Gasteiger partial charge in [0.25, 0.3) is 11.8 Å². The second-order valence-electron chi connectivity index (χ2n) is 6.04. The van der Waals surface area contributed by atoms with E-state index < -0.39 is 29.7 Å². The highest BCUT2D eigenvalue weighted by Gasteiger charge is 2.22. The van der Waals surface area contributed by atoms with E-state index in [0.29, 0.717) is 10.2 Å². The van der Waals surface area contributed by atoms with Crippen LogP contribution in [0.3, 0.4) is 0 Å². The van der Waals surface area contributed by atoms with E-state index in [4.69, 9.17) is 4.42 Å². The average Bonchev–Trinajstić information content (AvgIpc) is 3.05. The van der Waals surface area contributed by atoms with Crippen molar-refractivity contribution in [3.8, 4) is 0 Å². The highest BCUT2D eigenvalue weighted by molar-refractivity contribution is 9.10. The monoisotopic (exact) mass is 433 g/mol. The molecule has 27 heavy (non-hydrogen) atoms. The quantitative estimate of drug-likeness (QED) is 0.645. The molecule has 0 bridgehead atoms. The summed E-state index contributed by atoms with van der Waals surface area (Å²) in [6.07, 6.45) is 1.44. The minimum Gasteiger partial charge on any atom is -0.548 e. The summed E-state index contributed by atoms with van der Waals surface area (Å²) >= 11 is 3.10. The van der Waals surface area contributed by atoms with E-state index in [1.54, 1.807) is 50.2 Å². The molecule has 0 fully saturated rings. The first-order valence-electron chi connectivity index (χ1n) is 8.13. The predicted octanol–water partition coefficient (Wildman–Crippen LogP) is 1.70. The molecule has 2 aromatic rings. The van der Waals surface area contributed by atoms with E-state index in [-0.39, 0.29) is 11.5 Å². The fourth-order valence-corrected chi connectivity index (χ4v) is 2.52. The van der Waals surface area contributed by atoms with E-state index >= 15 is 0 Å². The highest BCUT2D eigenvalue weighted by Crippen LogP contribution is 2.15. The Balaban J connectivity index is 2.29. The minimum atomic E-state index is -1.40. The van der Waals surface area contributed by atoms with Gasteiger partial charge in [-0.3, -0.25) is 9.59 Å². The summed E-state index contributed by atoms with van der Waals surface area (Å²) in [5, 5.41) is 16.1. The third kappa shape index (κ3) is 5.82. The molecule has 0 unspecified atom stereocenters. The van der Waals surface area contributed by atoms with Crippen LogP contribution < -0.4 is 15.7 Å². The molecule has 2 amide bonds. The molecular formula is C19H18BrN2O5-. The number of nitrogens with one attached hydrogen (secondary N) is 2. The Labute approximate surface area is 164 Å². The Morgan fingerprint density at radius 3 is 2.30 bits per heavy atom. The van der Waals surface area contributed by atoms with E-state index in [2.05, 4.69) is 26.6 Å². The minimum absolute atomic E-state index is 0.00560. The van der Waals surface area contributed by atoms with Crippen LogP contribution in [0.15, 0.2) is 57.2 Å². The van der Waals surface area contributed by atoms with Crippen LogP contribution in [0, 0.1) is 5.92 Å². The number of halogens is 1. The van der Waals surface area contributed by atoms with Crippen LogP contribution in [-0.4, -0.2) is 23.8 Å². The standard InChI is InChI=1S/C19H19BrN2O5/c1-11(2)16(19(25)26)22-17(23)13(10-12-6-4-3-5-7-12)21-18(24)14-8-9-15(20)27-14/h3-11,16H,1-2H3,(H,21,24)(H,22,23)(H,25,26)/p-1/b13-10+/t16-/m0/s1. The lowest BCUT2D eigenvalue weighted by Gasteiger charge is -2.24. The first-order valence-corrected chi connectivity index (χ1v) is 8.92. The lowest BCUT2D eigenvalue weighted by Crippen LogP contribution is -2.52. The van der Waals surface area contributed by atoms with Gasteiger partial charge >= 0.3 is 0 Å². The van der Waals surface area contributed by atoms with Crippen molar-refractivity contribution in [3.63, 3.8) is 0 Å². The topological polar surface area (TPSA) is 111 Å². The van der Waals surface area contributed by atoms with Crippen LogP contribution in [-0.2, 0) is 9.59 Å². The zero-order chi connectivity index (χ0) is 20.0. The Morgan fingerprint density at radius 1 is 1.11 bits per heavy atom.